The minimum atomic E-state index is -0.211. The van der Waals surface area contributed by atoms with Gasteiger partial charge in [-0.25, -0.2) is 0 Å². The van der Waals surface area contributed by atoms with Gasteiger partial charge in [0.05, 0.1) is 0 Å². The van der Waals surface area contributed by atoms with Gasteiger partial charge in [-0.15, -0.1) is 11.6 Å². The Morgan fingerprint density at radius 1 is 1.38 bits per heavy atom. The normalized spacial score (nSPS) is 16.7. The van der Waals surface area contributed by atoms with Crippen molar-refractivity contribution in [2.45, 2.75) is 39.2 Å². The molecule has 154 valence electrons. The van der Waals surface area contributed by atoms with Crippen molar-refractivity contribution < 1.29 is 9.53 Å². The Labute approximate surface area is 180 Å². The van der Waals surface area contributed by atoms with Crippen LogP contribution in [0.5, 0.6) is 5.75 Å². The fraction of sp³-hybridized carbons (Fsp3) is 0.500. The number of nitrogens with one attached hydrogen (secondary N) is 2. The first-order valence-electron chi connectivity index (χ1n) is 9.91. The zero-order valence-electron chi connectivity index (χ0n) is 17.2. The predicted molar refractivity (Wildman–Crippen MR) is 120 cm³/mol. The molecule has 1 aromatic rings. The Morgan fingerprint density at radius 3 is 2.83 bits per heavy atom. The van der Waals surface area contributed by atoms with Crippen LogP contribution in [-0.2, 0) is 4.79 Å². The van der Waals surface area contributed by atoms with Crippen molar-refractivity contribution in [2.75, 3.05) is 30.5 Å². The first kappa shape index (κ1) is 23.2. The van der Waals surface area contributed by atoms with Crippen molar-refractivity contribution in [3.63, 3.8) is 0 Å². The number of rotatable bonds is 10. The molecule has 0 aromatic heterocycles. The topological polar surface area (TPSA) is 53.6 Å². The van der Waals surface area contributed by atoms with Crippen LogP contribution in [-0.4, -0.2) is 45.5 Å². The Morgan fingerprint density at radius 2 is 2.14 bits per heavy atom. The molecule has 2 N–H and O–H groups in total. The van der Waals surface area contributed by atoms with Crippen molar-refractivity contribution in [3.05, 3.63) is 36.5 Å². The van der Waals surface area contributed by atoms with Crippen LogP contribution >= 0.6 is 11.6 Å². The van der Waals surface area contributed by atoms with Crippen molar-refractivity contribution in [1.29, 1.82) is 0 Å². The number of ether oxygens (including phenoxy) is 1. The second-order valence-corrected chi connectivity index (χ2v) is 7.95. The molecule has 29 heavy (non-hydrogen) atoms. The Hall–Kier alpha value is -2.10. The van der Waals surface area contributed by atoms with Gasteiger partial charge in [-0.1, -0.05) is 17.9 Å². The SMILES string of the molecule is [B]NC/C=C\NC1CCN(c2ccc(OCC#CC(C)(C)CCCCl)cc2)C1=O. The van der Waals surface area contributed by atoms with Crippen LogP contribution in [0.25, 0.3) is 0 Å². The Kier molecular flexibility index (Phi) is 9.43. The van der Waals surface area contributed by atoms with Crippen molar-refractivity contribution in [1.82, 2.24) is 10.5 Å². The summed E-state index contributed by atoms with van der Waals surface area (Å²) in [6.45, 7) is 5.79. The summed E-state index contributed by atoms with van der Waals surface area (Å²) in [5.74, 6) is 7.79. The highest BCUT2D eigenvalue weighted by Crippen LogP contribution is 2.24. The van der Waals surface area contributed by atoms with Crippen LogP contribution in [0.15, 0.2) is 36.5 Å². The molecule has 0 bridgehead atoms. The first-order chi connectivity index (χ1) is 14.0. The first-order valence-corrected chi connectivity index (χ1v) is 10.4. The van der Waals surface area contributed by atoms with Crippen LogP contribution < -0.4 is 20.2 Å². The molecule has 0 aliphatic carbocycles. The maximum atomic E-state index is 12.6. The van der Waals surface area contributed by atoms with Crippen LogP contribution in [0.3, 0.4) is 0 Å². The maximum Gasteiger partial charge on any atom is 0.249 e. The van der Waals surface area contributed by atoms with E-state index in [1.807, 2.05) is 30.3 Å². The number of benzene rings is 1. The van der Waals surface area contributed by atoms with E-state index in [1.54, 1.807) is 11.1 Å². The predicted octanol–water partition coefficient (Wildman–Crippen LogP) is 3.00. The Balaban J connectivity index is 1.84. The second kappa shape index (κ2) is 11.8. The van der Waals surface area contributed by atoms with Gasteiger partial charge in [0, 0.05) is 30.1 Å². The number of carbonyl (C=O) groups excluding carboxylic acids is 1. The summed E-state index contributed by atoms with van der Waals surface area (Å²) >= 11 is 5.75. The maximum absolute atomic E-state index is 12.6. The lowest BCUT2D eigenvalue weighted by Crippen LogP contribution is -2.35. The van der Waals surface area contributed by atoms with Crippen LogP contribution in [0, 0.1) is 17.3 Å². The van der Waals surface area contributed by atoms with Crippen molar-refractivity contribution in [3.8, 4) is 17.6 Å². The summed E-state index contributed by atoms with van der Waals surface area (Å²) in [5.41, 5.74) is 0.811. The number of nitrogens with zero attached hydrogens (tertiary/aromatic N) is 1. The highest BCUT2D eigenvalue weighted by molar-refractivity contribution is 6.17. The molecule has 1 atom stereocenters. The largest absolute Gasteiger partial charge is 0.481 e. The average Bonchev–Trinajstić information content (AvgIpc) is 3.08. The molecule has 1 aromatic carbocycles. The van der Waals surface area contributed by atoms with E-state index in [-0.39, 0.29) is 17.4 Å². The third-order valence-electron chi connectivity index (χ3n) is 4.68. The van der Waals surface area contributed by atoms with Gasteiger partial charge in [-0.05, 0) is 63.6 Å². The molecule has 1 fully saturated rings. The smallest absolute Gasteiger partial charge is 0.249 e. The molecule has 1 heterocycles. The molecule has 1 aliphatic rings. The van der Waals surface area contributed by atoms with Gasteiger partial charge < -0.3 is 20.2 Å². The fourth-order valence-electron chi connectivity index (χ4n) is 3.09. The van der Waals surface area contributed by atoms with E-state index in [2.05, 4.69) is 36.2 Å². The van der Waals surface area contributed by atoms with Gasteiger partial charge in [0.1, 0.15) is 18.4 Å². The van der Waals surface area contributed by atoms with E-state index < -0.39 is 0 Å². The van der Waals surface area contributed by atoms with Gasteiger partial charge in [0.2, 0.25) is 5.91 Å². The summed E-state index contributed by atoms with van der Waals surface area (Å²) in [7, 11) is 5.21. The van der Waals surface area contributed by atoms with Gasteiger partial charge in [0.25, 0.3) is 0 Å². The number of halogens is 1. The van der Waals surface area contributed by atoms with E-state index in [4.69, 9.17) is 24.3 Å². The van der Waals surface area contributed by atoms with E-state index in [1.165, 1.54) is 0 Å². The molecule has 7 heteroatoms. The van der Waals surface area contributed by atoms with Crippen molar-refractivity contribution in [2.24, 2.45) is 5.41 Å². The van der Waals surface area contributed by atoms with Gasteiger partial charge in [0.15, 0.2) is 7.98 Å². The zero-order chi connectivity index (χ0) is 21.1. The molecule has 2 radical (unpaired) electrons. The molecule has 5 nitrogen and oxygen atoms in total. The number of hydrogen-bond acceptors (Lipinski definition) is 4. The monoisotopic (exact) mass is 413 g/mol. The molecule has 0 saturated carbocycles. The van der Waals surface area contributed by atoms with E-state index in [0.29, 0.717) is 25.6 Å². The van der Waals surface area contributed by atoms with Crippen molar-refractivity contribution >= 4 is 31.2 Å². The number of carbonyl (C=O) groups is 1. The molecular weight excluding hydrogens is 385 g/mol. The third kappa shape index (κ3) is 7.68. The van der Waals surface area contributed by atoms with Gasteiger partial charge in [-0.3, -0.25) is 4.79 Å². The van der Waals surface area contributed by atoms with Crippen LogP contribution in [0.1, 0.15) is 33.1 Å². The molecule has 0 spiro atoms. The number of amides is 1. The molecule has 1 unspecified atom stereocenters. The quantitative estimate of drug-likeness (QED) is 0.352. The second-order valence-electron chi connectivity index (χ2n) is 7.57. The van der Waals surface area contributed by atoms with E-state index in [0.717, 1.165) is 30.7 Å². The number of alkyl halides is 1. The molecule has 1 saturated heterocycles. The summed E-state index contributed by atoms with van der Waals surface area (Å²) in [5, 5.41) is 5.65. The third-order valence-corrected chi connectivity index (χ3v) is 4.95. The molecule has 1 aliphatic heterocycles. The number of hydrogen-bond donors (Lipinski definition) is 2. The standard InChI is InChI=1S/C22H29BClN3O2/c1-22(2,11-3-13-24)12-4-17-29-19-8-6-18(7-9-19)27-16-10-20(21(27)28)25-14-5-15-26-23/h5-9,14,20,25-26H,3,10-11,13,15-17H2,1-2H3/b14-5-. The van der Waals surface area contributed by atoms with E-state index in [9.17, 15) is 4.79 Å². The van der Waals surface area contributed by atoms with Gasteiger partial charge in [-0.2, -0.15) is 0 Å². The van der Waals surface area contributed by atoms with E-state index >= 15 is 0 Å². The van der Waals surface area contributed by atoms with Crippen LogP contribution in [0.2, 0.25) is 0 Å². The lowest BCUT2D eigenvalue weighted by Gasteiger charge is -2.17. The molecule has 1 amide bonds. The van der Waals surface area contributed by atoms with Crippen LogP contribution in [0.4, 0.5) is 5.69 Å². The average molecular weight is 414 g/mol. The van der Waals surface area contributed by atoms with Gasteiger partial charge >= 0.3 is 0 Å². The summed E-state index contributed by atoms with van der Waals surface area (Å²) in [6.07, 6.45) is 6.29. The lowest BCUT2D eigenvalue weighted by atomic mass is 9.89. The summed E-state index contributed by atoms with van der Waals surface area (Å²) in [6, 6.07) is 7.34. The summed E-state index contributed by atoms with van der Waals surface area (Å²) < 4.78 is 5.71. The molecular formula is C22H29BClN3O2. The minimum absolute atomic E-state index is 0.0567. The Bertz CT molecular complexity index is 741. The minimum Gasteiger partial charge on any atom is -0.481 e. The highest BCUT2D eigenvalue weighted by Gasteiger charge is 2.31. The molecule has 2 rings (SSSR count). The highest BCUT2D eigenvalue weighted by atomic mass is 35.5. The zero-order valence-corrected chi connectivity index (χ0v) is 18.0. The summed E-state index contributed by atoms with van der Waals surface area (Å²) in [4.78, 5) is 14.4. The lowest BCUT2D eigenvalue weighted by molar-refractivity contribution is -0.118. The number of anilines is 1. The fourth-order valence-corrected chi connectivity index (χ4v) is 3.22.